The van der Waals surface area contributed by atoms with Gasteiger partial charge in [-0.1, -0.05) is 6.92 Å². The third kappa shape index (κ3) is 3.65. The largest absolute Gasteiger partial charge is 0.481 e. The van der Waals surface area contributed by atoms with Gasteiger partial charge in [0.05, 0.1) is 6.17 Å². The van der Waals surface area contributed by atoms with Crippen molar-refractivity contribution in [2.24, 2.45) is 5.92 Å². The van der Waals surface area contributed by atoms with Crippen LogP contribution in [0.1, 0.15) is 26.7 Å². The molecule has 0 aromatic heterocycles. The van der Waals surface area contributed by atoms with E-state index >= 15 is 0 Å². The summed E-state index contributed by atoms with van der Waals surface area (Å²) in [5.41, 5.74) is 0. The zero-order valence-corrected chi connectivity index (χ0v) is 7.56. The molecule has 78 valence electrons. The summed E-state index contributed by atoms with van der Waals surface area (Å²) in [6.45, 7) is 2.25. The van der Waals surface area contributed by atoms with Crippen molar-refractivity contribution >= 4 is 5.97 Å². The molecule has 0 amide bonds. The van der Waals surface area contributed by atoms with E-state index in [4.69, 9.17) is 5.11 Å². The third-order valence-corrected chi connectivity index (χ3v) is 1.84. The second-order valence-corrected chi connectivity index (χ2v) is 3.02. The molecule has 0 aromatic carbocycles. The Hall–Kier alpha value is -0.740. The van der Waals surface area contributed by atoms with Crippen LogP contribution in [-0.2, 0) is 4.79 Å². The first-order valence-corrected chi connectivity index (χ1v) is 4.06. The summed E-state index contributed by atoms with van der Waals surface area (Å²) >= 11 is 0. The highest BCUT2D eigenvalue weighted by molar-refractivity contribution is 5.71. The lowest BCUT2D eigenvalue weighted by Gasteiger charge is -2.22. The first-order chi connectivity index (χ1) is 5.81. The summed E-state index contributed by atoms with van der Waals surface area (Å²) < 4.78 is 38.1. The first kappa shape index (κ1) is 12.3. The van der Waals surface area contributed by atoms with Crippen LogP contribution >= 0.6 is 0 Å². The van der Waals surface area contributed by atoms with Gasteiger partial charge in [0.15, 0.2) is 0 Å². The van der Waals surface area contributed by atoms with Gasteiger partial charge in [0.1, 0.15) is 5.92 Å². The standard InChI is InChI=1S/C8H13F3O2/c1-3-8(10,11)6(7(12)13)4-5(2)9/h5-6H,3-4H2,1-2H3,(H,12,13)/t5-,6?/m1/s1. The van der Waals surface area contributed by atoms with Crippen LogP contribution in [0.2, 0.25) is 0 Å². The molecule has 0 fully saturated rings. The molecule has 2 atom stereocenters. The second kappa shape index (κ2) is 4.48. The summed E-state index contributed by atoms with van der Waals surface area (Å²) in [5.74, 6) is -6.89. The van der Waals surface area contributed by atoms with E-state index in [0.717, 1.165) is 6.92 Å². The van der Waals surface area contributed by atoms with Crippen LogP contribution in [-0.4, -0.2) is 23.2 Å². The molecule has 5 heteroatoms. The molecule has 0 saturated heterocycles. The van der Waals surface area contributed by atoms with E-state index in [2.05, 4.69) is 0 Å². The van der Waals surface area contributed by atoms with Crippen molar-refractivity contribution in [2.75, 3.05) is 0 Å². The molecule has 0 aliphatic rings. The number of carbonyl (C=O) groups is 1. The van der Waals surface area contributed by atoms with Crippen molar-refractivity contribution in [3.8, 4) is 0 Å². The Kier molecular flexibility index (Phi) is 4.23. The lowest BCUT2D eigenvalue weighted by molar-refractivity contribution is -0.159. The van der Waals surface area contributed by atoms with E-state index in [0.29, 0.717) is 0 Å². The monoisotopic (exact) mass is 198 g/mol. The molecule has 0 bridgehead atoms. The maximum atomic E-state index is 12.9. The van der Waals surface area contributed by atoms with Crippen molar-refractivity contribution in [1.82, 2.24) is 0 Å². The molecular weight excluding hydrogens is 185 g/mol. The van der Waals surface area contributed by atoms with Crippen molar-refractivity contribution in [1.29, 1.82) is 0 Å². The highest BCUT2D eigenvalue weighted by Gasteiger charge is 2.43. The van der Waals surface area contributed by atoms with Gasteiger partial charge in [-0.2, -0.15) is 0 Å². The van der Waals surface area contributed by atoms with Gasteiger partial charge in [0.25, 0.3) is 5.92 Å². The third-order valence-electron chi connectivity index (χ3n) is 1.84. The topological polar surface area (TPSA) is 37.3 Å². The molecule has 1 unspecified atom stereocenters. The highest BCUT2D eigenvalue weighted by Crippen LogP contribution is 2.32. The summed E-state index contributed by atoms with van der Waals surface area (Å²) in [6.07, 6.45) is -2.76. The zero-order chi connectivity index (χ0) is 10.6. The van der Waals surface area contributed by atoms with Gasteiger partial charge in [0, 0.05) is 6.42 Å². The Bertz CT molecular complexity index is 180. The van der Waals surface area contributed by atoms with Crippen LogP contribution in [0.5, 0.6) is 0 Å². The van der Waals surface area contributed by atoms with Gasteiger partial charge in [-0.3, -0.25) is 4.79 Å². The van der Waals surface area contributed by atoms with Crippen molar-refractivity contribution < 1.29 is 23.1 Å². The highest BCUT2D eigenvalue weighted by atomic mass is 19.3. The predicted octanol–water partition coefficient (Wildman–Crippen LogP) is 2.48. The summed E-state index contributed by atoms with van der Waals surface area (Å²) in [4.78, 5) is 10.4. The molecule has 0 aliphatic carbocycles. The average molecular weight is 198 g/mol. The average Bonchev–Trinajstić information content (AvgIpc) is 1.99. The number of halogens is 3. The number of hydrogen-bond donors (Lipinski definition) is 1. The lowest BCUT2D eigenvalue weighted by Crippen LogP contribution is -2.35. The molecule has 1 N–H and O–H groups in total. The maximum absolute atomic E-state index is 12.9. The Morgan fingerprint density at radius 3 is 2.23 bits per heavy atom. The van der Waals surface area contributed by atoms with Crippen molar-refractivity contribution in [3.05, 3.63) is 0 Å². The number of carboxylic acid groups (broad SMARTS) is 1. The van der Waals surface area contributed by atoms with Crippen LogP contribution in [0.4, 0.5) is 13.2 Å². The van der Waals surface area contributed by atoms with Gasteiger partial charge < -0.3 is 5.11 Å². The smallest absolute Gasteiger partial charge is 0.312 e. The minimum atomic E-state index is -3.33. The van der Waals surface area contributed by atoms with E-state index < -0.39 is 36.8 Å². The van der Waals surface area contributed by atoms with Gasteiger partial charge >= 0.3 is 5.97 Å². The minimum absolute atomic E-state index is 0.587. The lowest BCUT2D eigenvalue weighted by atomic mass is 9.94. The molecule has 13 heavy (non-hydrogen) atoms. The molecule has 0 aliphatic heterocycles. The van der Waals surface area contributed by atoms with Crippen LogP contribution in [0.3, 0.4) is 0 Å². The Balaban J connectivity index is 4.51. The molecule has 0 rings (SSSR count). The van der Waals surface area contributed by atoms with Gasteiger partial charge in [-0.05, 0) is 13.3 Å². The van der Waals surface area contributed by atoms with Crippen LogP contribution < -0.4 is 0 Å². The number of carboxylic acids is 1. The van der Waals surface area contributed by atoms with E-state index in [1.165, 1.54) is 6.92 Å². The second-order valence-electron chi connectivity index (χ2n) is 3.02. The van der Waals surface area contributed by atoms with Crippen LogP contribution in [0.15, 0.2) is 0 Å². The Morgan fingerprint density at radius 2 is 2.00 bits per heavy atom. The van der Waals surface area contributed by atoms with Crippen LogP contribution in [0.25, 0.3) is 0 Å². The summed E-state index contributed by atoms with van der Waals surface area (Å²) in [7, 11) is 0. The number of rotatable bonds is 5. The van der Waals surface area contributed by atoms with Crippen molar-refractivity contribution in [3.63, 3.8) is 0 Å². The van der Waals surface area contributed by atoms with Crippen LogP contribution in [0, 0.1) is 5.92 Å². The molecular formula is C8H13F3O2. The Morgan fingerprint density at radius 1 is 1.54 bits per heavy atom. The molecule has 0 spiro atoms. The SMILES string of the molecule is CCC(F)(F)C(C[C@@H](C)F)C(=O)O. The van der Waals surface area contributed by atoms with E-state index in [1.54, 1.807) is 0 Å². The molecule has 0 radical (unpaired) electrons. The van der Waals surface area contributed by atoms with Gasteiger partial charge in [-0.25, -0.2) is 13.2 Å². The van der Waals surface area contributed by atoms with E-state index in [9.17, 15) is 18.0 Å². The minimum Gasteiger partial charge on any atom is -0.481 e. The summed E-state index contributed by atoms with van der Waals surface area (Å²) in [6, 6.07) is 0. The number of alkyl halides is 3. The fourth-order valence-electron chi connectivity index (χ4n) is 1.03. The molecule has 0 heterocycles. The number of hydrogen-bond acceptors (Lipinski definition) is 1. The first-order valence-electron chi connectivity index (χ1n) is 4.06. The molecule has 0 aromatic rings. The fraction of sp³-hybridized carbons (Fsp3) is 0.875. The Labute approximate surface area is 74.7 Å². The van der Waals surface area contributed by atoms with Crippen molar-refractivity contribution in [2.45, 2.75) is 38.8 Å². The maximum Gasteiger partial charge on any atom is 0.312 e. The quantitative estimate of drug-likeness (QED) is 0.736. The summed E-state index contributed by atoms with van der Waals surface area (Å²) in [5, 5.41) is 8.44. The zero-order valence-electron chi connectivity index (χ0n) is 7.56. The normalized spacial score (nSPS) is 16.7. The molecule has 0 saturated carbocycles. The van der Waals surface area contributed by atoms with Gasteiger partial charge in [-0.15, -0.1) is 0 Å². The number of aliphatic carboxylic acids is 1. The molecule has 2 nitrogen and oxygen atoms in total. The fourth-order valence-corrected chi connectivity index (χ4v) is 1.03. The van der Waals surface area contributed by atoms with Gasteiger partial charge in [0.2, 0.25) is 0 Å². The van der Waals surface area contributed by atoms with E-state index in [-0.39, 0.29) is 0 Å². The predicted molar refractivity (Wildman–Crippen MR) is 41.6 cm³/mol. The van der Waals surface area contributed by atoms with E-state index in [1.807, 2.05) is 0 Å².